The van der Waals surface area contributed by atoms with E-state index in [2.05, 4.69) is 33.0 Å². The number of benzene rings is 1. The predicted octanol–water partition coefficient (Wildman–Crippen LogP) is 3.17. The summed E-state index contributed by atoms with van der Waals surface area (Å²) in [5.41, 5.74) is 0.387. The van der Waals surface area contributed by atoms with Crippen LogP contribution in [0.5, 0.6) is 5.75 Å². The number of piperazine rings is 1. The van der Waals surface area contributed by atoms with Crippen molar-refractivity contribution in [3.8, 4) is 5.75 Å². The molecule has 2 heterocycles. The zero-order valence-corrected chi connectivity index (χ0v) is 14.4. The number of nitrogens with zero attached hydrogens (tertiary/aromatic N) is 2. The minimum absolute atomic E-state index is 0.0540. The number of phenols is 1. The van der Waals surface area contributed by atoms with Crippen molar-refractivity contribution in [2.45, 2.75) is 6.54 Å². The van der Waals surface area contributed by atoms with Gasteiger partial charge in [0.2, 0.25) is 0 Å². The van der Waals surface area contributed by atoms with Crippen LogP contribution in [0.4, 0.5) is 0 Å². The Hall–Kier alpha value is -1.37. The molecule has 1 aliphatic rings. The summed E-state index contributed by atoms with van der Waals surface area (Å²) in [4.78, 5) is 17.9. The molecule has 116 valence electrons. The molecule has 0 aliphatic carbocycles. The van der Waals surface area contributed by atoms with Gasteiger partial charge in [0.1, 0.15) is 5.75 Å². The molecule has 1 amide bonds. The molecule has 2 aromatic rings. The normalized spacial score (nSPS) is 16.0. The van der Waals surface area contributed by atoms with E-state index >= 15 is 0 Å². The van der Waals surface area contributed by atoms with E-state index in [9.17, 15) is 9.90 Å². The van der Waals surface area contributed by atoms with Gasteiger partial charge in [-0.1, -0.05) is 12.1 Å². The highest BCUT2D eigenvalue weighted by molar-refractivity contribution is 9.11. The third kappa shape index (κ3) is 3.51. The van der Waals surface area contributed by atoms with Gasteiger partial charge in [0.05, 0.1) is 9.35 Å². The van der Waals surface area contributed by atoms with Crippen LogP contribution in [0, 0.1) is 0 Å². The number of carbonyl (C=O) groups excluding carboxylic acids is 1. The molecule has 1 fully saturated rings. The fourth-order valence-electron chi connectivity index (χ4n) is 2.59. The van der Waals surface area contributed by atoms with Crippen molar-refractivity contribution in [1.29, 1.82) is 0 Å². The second kappa shape index (κ2) is 6.81. The maximum atomic E-state index is 12.4. The number of halogens is 1. The van der Waals surface area contributed by atoms with Gasteiger partial charge in [-0.3, -0.25) is 9.69 Å². The van der Waals surface area contributed by atoms with Crippen molar-refractivity contribution >= 4 is 33.2 Å². The Labute approximate surface area is 142 Å². The number of para-hydroxylation sites is 1. The second-order valence-corrected chi connectivity index (χ2v) is 7.84. The molecular weight excluding hydrogens is 364 g/mol. The molecule has 0 spiro atoms. The fraction of sp³-hybridized carbons (Fsp3) is 0.312. The summed E-state index contributed by atoms with van der Waals surface area (Å²) in [5.74, 6) is -0.0324. The van der Waals surface area contributed by atoms with Crippen molar-refractivity contribution in [1.82, 2.24) is 9.80 Å². The van der Waals surface area contributed by atoms with Crippen LogP contribution >= 0.6 is 27.3 Å². The Morgan fingerprint density at radius 1 is 1.14 bits per heavy atom. The topological polar surface area (TPSA) is 43.8 Å². The molecule has 0 atom stereocenters. The molecule has 1 aromatic carbocycles. The zero-order chi connectivity index (χ0) is 15.5. The summed E-state index contributed by atoms with van der Waals surface area (Å²) in [6.45, 7) is 4.03. The lowest BCUT2D eigenvalue weighted by atomic mass is 10.1. The van der Waals surface area contributed by atoms with Gasteiger partial charge in [-0.05, 0) is 40.2 Å². The molecule has 22 heavy (non-hydrogen) atoms. The number of carbonyl (C=O) groups is 1. The van der Waals surface area contributed by atoms with Crippen LogP contribution in [0.15, 0.2) is 40.2 Å². The van der Waals surface area contributed by atoms with Crippen LogP contribution in [-0.4, -0.2) is 47.0 Å². The van der Waals surface area contributed by atoms with Crippen LogP contribution in [0.3, 0.4) is 0 Å². The number of phenolic OH excluding ortho intramolecular Hbond substituents is 1. The highest BCUT2D eigenvalue weighted by atomic mass is 79.9. The van der Waals surface area contributed by atoms with E-state index < -0.39 is 0 Å². The number of rotatable bonds is 3. The first-order valence-corrected chi connectivity index (χ1v) is 8.78. The van der Waals surface area contributed by atoms with Crippen LogP contribution in [0.1, 0.15) is 15.2 Å². The van der Waals surface area contributed by atoms with Crippen LogP contribution in [0.2, 0.25) is 0 Å². The number of hydrogen-bond donors (Lipinski definition) is 1. The smallest absolute Gasteiger partial charge is 0.257 e. The minimum atomic E-state index is -0.0865. The second-order valence-electron chi connectivity index (χ2n) is 5.29. The van der Waals surface area contributed by atoms with Gasteiger partial charge in [-0.15, -0.1) is 11.3 Å². The molecule has 1 aliphatic heterocycles. The van der Waals surface area contributed by atoms with Gasteiger partial charge in [-0.25, -0.2) is 0 Å². The van der Waals surface area contributed by atoms with E-state index in [4.69, 9.17) is 0 Å². The lowest BCUT2D eigenvalue weighted by Gasteiger charge is -2.34. The van der Waals surface area contributed by atoms with E-state index in [1.165, 1.54) is 4.88 Å². The zero-order valence-electron chi connectivity index (χ0n) is 12.0. The summed E-state index contributed by atoms with van der Waals surface area (Å²) >= 11 is 5.23. The number of hydrogen-bond acceptors (Lipinski definition) is 4. The highest BCUT2D eigenvalue weighted by Gasteiger charge is 2.23. The SMILES string of the molecule is O=C(c1ccccc1O)N1CCN(Cc2ccc(Br)s2)CC1. The quantitative estimate of drug-likeness (QED) is 0.888. The van der Waals surface area contributed by atoms with Gasteiger partial charge >= 0.3 is 0 Å². The van der Waals surface area contributed by atoms with E-state index in [0.29, 0.717) is 18.7 Å². The lowest BCUT2D eigenvalue weighted by Crippen LogP contribution is -2.48. The number of thiophene rings is 1. The monoisotopic (exact) mass is 380 g/mol. The van der Waals surface area contributed by atoms with Crippen LogP contribution in [0.25, 0.3) is 0 Å². The molecule has 3 rings (SSSR count). The fourth-order valence-corrected chi connectivity index (χ4v) is 4.12. The summed E-state index contributed by atoms with van der Waals surface area (Å²) in [7, 11) is 0. The minimum Gasteiger partial charge on any atom is -0.507 e. The Kier molecular flexibility index (Phi) is 4.81. The lowest BCUT2D eigenvalue weighted by molar-refractivity contribution is 0.0627. The predicted molar refractivity (Wildman–Crippen MR) is 91.3 cm³/mol. The van der Waals surface area contributed by atoms with Gasteiger partial charge in [0.15, 0.2) is 0 Å². The molecule has 1 aromatic heterocycles. The molecule has 0 radical (unpaired) electrons. The first-order valence-electron chi connectivity index (χ1n) is 7.17. The van der Waals surface area contributed by atoms with E-state index in [1.54, 1.807) is 35.6 Å². The standard InChI is InChI=1S/C16H17BrN2O2S/c17-15-6-5-12(22-15)11-18-7-9-19(10-8-18)16(21)13-3-1-2-4-14(13)20/h1-6,20H,7-11H2. The van der Waals surface area contributed by atoms with Crippen LogP contribution in [-0.2, 0) is 6.54 Å². The molecule has 1 N–H and O–H groups in total. The van der Waals surface area contributed by atoms with Crippen molar-refractivity contribution in [3.05, 3.63) is 50.6 Å². The van der Waals surface area contributed by atoms with Gasteiger partial charge < -0.3 is 10.0 Å². The molecule has 0 unspecified atom stereocenters. The van der Waals surface area contributed by atoms with Gasteiger partial charge in [0.25, 0.3) is 5.91 Å². The van der Waals surface area contributed by atoms with Gasteiger partial charge in [-0.2, -0.15) is 0 Å². The molecule has 1 saturated heterocycles. The Balaban J connectivity index is 1.57. The Morgan fingerprint density at radius 2 is 1.86 bits per heavy atom. The summed E-state index contributed by atoms with van der Waals surface area (Å²) in [6.07, 6.45) is 0. The largest absolute Gasteiger partial charge is 0.507 e. The average molecular weight is 381 g/mol. The van der Waals surface area contributed by atoms with Crippen molar-refractivity contribution in [2.24, 2.45) is 0 Å². The summed E-state index contributed by atoms with van der Waals surface area (Å²) in [6, 6.07) is 10.9. The number of amides is 1. The van der Waals surface area contributed by atoms with Crippen molar-refractivity contribution in [2.75, 3.05) is 26.2 Å². The van der Waals surface area contributed by atoms with E-state index in [0.717, 1.165) is 23.4 Å². The maximum absolute atomic E-state index is 12.4. The molecule has 4 nitrogen and oxygen atoms in total. The van der Waals surface area contributed by atoms with Crippen molar-refractivity contribution in [3.63, 3.8) is 0 Å². The van der Waals surface area contributed by atoms with Crippen LogP contribution < -0.4 is 0 Å². The average Bonchev–Trinajstić information content (AvgIpc) is 2.93. The Morgan fingerprint density at radius 3 is 2.50 bits per heavy atom. The third-order valence-corrected chi connectivity index (χ3v) is 5.41. The highest BCUT2D eigenvalue weighted by Crippen LogP contribution is 2.24. The number of aromatic hydroxyl groups is 1. The molecule has 0 saturated carbocycles. The van der Waals surface area contributed by atoms with Gasteiger partial charge in [0, 0.05) is 37.6 Å². The first-order chi connectivity index (χ1) is 10.6. The third-order valence-electron chi connectivity index (χ3n) is 3.80. The maximum Gasteiger partial charge on any atom is 0.257 e. The molecular formula is C16H17BrN2O2S. The van der Waals surface area contributed by atoms with Crippen molar-refractivity contribution < 1.29 is 9.90 Å². The molecule has 0 bridgehead atoms. The summed E-state index contributed by atoms with van der Waals surface area (Å²) in [5, 5.41) is 9.80. The Bertz CT molecular complexity index is 666. The first kappa shape index (κ1) is 15.5. The van der Waals surface area contributed by atoms with E-state index in [1.807, 2.05) is 4.90 Å². The molecule has 6 heteroatoms. The summed E-state index contributed by atoms with van der Waals surface area (Å²) < 4.78 is 1.15. The van der Waals surface area contributed by atoms with E-state index in [-0.39, 0.29) is 11.7 Å².